The summed E-state index contributed by atoms with van der Waals surface area (Å²) in [4.78, 5) is 28.7. The zero-order chi connectivity index (χ0) is 17.5. The molecule has 4 nitrogen and oxygen atoms in total. The molecule has 1 amide bonds. The summed E-state index contributed by atoms with van der Waals surface area (Å²) in [5, 5.41) is 0. The molecule has 128 valence electrons. The Morgan fingerprint density at radius 3 is 2.54 bits per heavy atom. The molecule has 0 aromatic heterocycles. The molecule has 0 unspecified atom stereocenters. The molecule has 0 saturated carbocycles. The molecule has 1 aromatic rings. The number of Topliss-reactive ketones (excluding diaryl/α,β-unsaturated/α-hetero) is 1. The van der Waals surface area contributed by atoms with E-state index < -0.39 is 11.7 Å². The molecule has 24 heavy (non-hydrogen) atoms. The summed E-state index contributed by atoms with van der Waals surface area (Å²) in [6, 6.07) is 5.88. The Kier molecular flexibility index (Phi) is 6.51. The first-order chi connectivity index (χ1) is 11.5. The summed E-state index contributed by atoms with van der Waals surface area (Å²) >= 11 is 0. The van der Waals surface area contributed by atoms with Gasteiger partial charge in [-0.1, -0.05) is 19.1 Å². The van der Waals surface area contributed by atoms with Crippen LogP contribution in [0.4, 0.5) is 4.39 Å². The van der Waals surface area contributed by atoms with Gasteiger partial charge in [-0.05, 0) is 12.1 Å². The molecule has 1 fully saturated rings. The maximum atomic E-state index is 13.7. The predicted molar refractivity (Wildman–Crippen MR) is 91.0 cm³/mol. The number of rotatable bonds is 6. The molecule has 0 aliphatic carbocycles. The summed E-state index contributed by atoms with van der Waals surface area (Å²) in [6.45, 7) is 5.44. The van der Waals surface area contributed by atoms with E-state index in [1.165, 1.54) is 12.1 Å². The van der Waals surface area contributed by atoms with Crippen molar-refractivity contribution in [1.82, 2.24) is 9.80 Å². The van der Waals surface area contributed by atoms with Gasteiger partial charge in [-0.2, -0.15) is 0 Å². The van der Waals surface area contributed by atoms with Crippen molar-refractivity contribution >= 4 is 11.7 Å². The summed E-state index contributed by atoms with van der Waals surface area (Å²) in [5.41, 5.74) is 0.0521. The highest BCUT2D eigenvalue weighted by molar-refractivity contribution is 5.98. The van der Waals surface area contributed by atoms with E-state index in [9.17, 15) is 14.0 Å². The fraction of sp³-hybridized carbons (Fsp3) is 0.474. The Balaban J connectivity index is 1.86. The van der Waals surface area contributed by atoms with Crippen LogP contribution >= 0.6 is 0 Å². The van der Waals surface area contributed by atoms with Crippen molar-refractivity contribution in [3.63, 3.8) is 0 Å². The van der Waals surface area contributed by atoms with Crippen LogP contribution in [-0.4, -0.2) is 54.2 Å². The first-order valence-corrected chi connectivity index (χ1v) is 8.25. The molecule has 5 heteroatoms. The normalized spacial score (nSPS) is 16.5. The quantitative estimate of drug-likeness (QED) is 0.593. The van der Waals surface area contributed by atoms with Gasteiger partial charge in [-0.25, -0.2) is 4.39 Å². The third-order valence-electron chi connectivity index (χ3n) is 4.34. The lowest BCUT2D eigenvalue weighted by Gasteiger charge is -2.35. The van der Waals surface area contributed by atoms with Crippen LogP contribution in [0.15, 0.2) is 24.3 Å². The molecule has 0 N–H and O–H groups in total. The standard InChI is InChI=1S/C19H23FN2O2/c1-3-4-9-21-10-12-22(13-11-21)19(24)15(2)14-18(23)16-7-5-6-8-17(16)20/h1,5-8,15H,4,9-14H2,2H3/t15-/m0/s1. The average molecular weight is 330 g/mol. The van der Waals surface area contributed by atoms with Gasteiger partial charge in [0.25, 0.3) is 0 Å². The Hall–Kier alpha value is -2.19. The predicted octanol–water partition coefficient (Wildman–Crippen LogP) is 2.20. The maximum absolute atomic E-state index is 13.7. The molecule has 1 aliphatic heterocycles. The van der Waals surface area contributed by atoms with Gasteiger partial charge in [-0.15, -0.1) is 12.3 Å². The van der Waals surface area contributed by atoms with Crippen LogP contribution in [0.25, 0.3) is 0 Å². The molecule has 1 aromatic carbocycles. The number of amides is 1. The summed E-state index contributed by atoms with van der Waals surface area (Å²) in [5.74, 6) is 1.25. The van der Waals surface area contributed by atoms with Gasteiger partial charge in [0.15, 0.2) is 5.78 Å². The smallest absolute Gasteiger partial charge is 0.225 e. The lowest BCUT2D eigenvalue weighted by Crippen LogP contribution is -2.50. The zero-order valence-corrected chi connectivity index (χ0v) is 14.0. The average Bonchev–Trinajstić information content (AvgIpc) is 2.60. The van der Waals surface area contributed by atoms with E-state index in [1.807, 2.05) is 0 Å². The number of benzene rings is 1. The first-order valence-electron chi connectivity index (χ1n) is 8.25. The number of terminal acetylenes is 1. The van der Waals surface area contributed by atoms with E-state index in [4.69, 9.17) is 6.42 Å². The second-order valence-electron chi connectivity index (χ2n) is 6.13. The van der Waals surface area contributed by atoms with Gasteiger partial charge in [0.05, 0.1) is 5.56 Å². The van der Waals surface area contributed by atoms with E-state index >= 15 is 0 Å². The monoisotopic (exact) mass is 330 g/mol. The number of piperazine rings is 1. The third-order valence-corrected chi connectivity index (χ3v) is 4.34. The van der Waals surface area contributed by atoms with Crippen LogP contribution in [0.3, 0.4) is 0 Å². The number of carbonyl (C=O) groups excluding carboxylic acids is 2. The van der Waals surface area contributed by atoms with Crippen LogP contribution < -0.4 is 0 Å². The second kappa shape index (κ2) is 8.60. The van der Waals surface area contributed by atoms with E-state index in [0.29, 0.717) is 19.5 Å². The highest BCUT2D eigenvalue weighted by atomic mass is 19.1. The molecular weight excluding hydrogens is 307 g/mol. The SMILES string of the molecule is C#CCCN1CCN(C(=O)[C@@H](C)CC(=O)c2ccccc2F)CC1. The van der Waals surface area contributed by atoms with Gasteiger partial charge in [0.1, 0.15) is 5.82 Å². The van der Waals surface area contributed by atoms with Crippen molar-refractivity contribution in [3.8, 4) is 12.3 Å². The highest BCUT2D eigenvalue weighted by Gasteiger charge is 2.26. The van der Waals surface area contributed by atoms with Crippen molar-refractivity contribution in [3.05, 3.63) is 35.6 Å². The number of ketones is 1. The molecule has 1 aliphatic rings. The van der Waals surface area contributed by atoms with Gasteiger partial charge < -0.3 is 4.90 Å². The largest absolute Gasteiger partial charge is 0.340 e. The molecule has 1 saturated heterocycles. The van der Waals surface area contributed by atoms with Gasteiger partial charge >= 0.3 is 0 Å². The van der Waals surface area contributed by atoms with Crippen molar-refractivity contribution in [2.75, 3.05) is 32.7 Å². The van der Waals surface area contributed by atoms with E-state index in [2.05, 4.69) is 10.8 Å². The van der Waals surface area contributed by atoms with Crippen molar-refractivity contribution in [1.29, 1.82) is 0 Å². The minimum atomic E-state index is -0.538. The molecule has 0 radical (unpaired) electrons. The lowest BCUT2D eigenvalue weighted by molar-refractivity contribution is -0.136. The summed E-state index contributed by atoms with van der Waals surface area (Å²) in [6.07, 6.45) is 6.00. The Morgan fingerprint density at radius 1 is 1.25 bits per heavy atom. The van der Waals surface area contributed by atoms with Crippen LogP contribution in [0, 0.1) is 24.1 Å². The second-order valence-corrected chi connectivity index (χ2v) is 6.13. The zero-order valence-electron chi connectivity index (χ0n) is 14.0. The fourth-order valence-corrected chi connectivity index (χ4v) is 2.89. The molecular formula is C19H23FN2O2. The molecule has 2 rings (SSSR count). The fourth-order valence-electron chi connectivity index (χ4n) is 2.89. The summed E-state index contributed by atoms with van der Waals surface area (Å²) < 4.78 is 13.7. The van der Waals surface area contributed by atoms with Crippen LogP contribution in [0.1, 0.15) is 30.1 Å². The Labute approximate surface area is 142 Å². The van der Waals surface area contributed by atoms with Crippen molar-refractivity contribution in [2.45, 2.75) is 19.8 Å². The minimum Gasteiger partial charge on any atom is -0.340 e. The number of carbonyl (C=O) groups is 2. The molecule has 1 atom stereocenters. The van der Waals surface area contributed by atoms with Crippen LogP contribution in [-0.2, 0) is 4.79 Å². The van der Waals surface area contributed by atoms with E-state index in [0.717, 1.165) is 19.6 Å². The topological polar surface area (TPSA) is 40.6 Å². The Bertz CT molecular complexity index is 630. The first kappa shape index (κ1) is 18.2. The van der Waals surface area contributed by atoms with Crippen LogP contribution in [0.2, 0.25) is 0 Å². The minimum absolute atomic E-state index is 0.0249. The van der Waals surface area contributed by atoms with E-state index in [-0.39, 0.29) is 23.7 Å². The molecule has 0 spiro atoms. The maximum Gasteiger partial charge on any atom is 0.225 e. The number of halogens is 1. The van der Waals surface area contributed by atoms with Crippen LogP contribution in [0.5, 0.6) is 0 Å². The van der Waals surface area contributed by atoms with Gasteiger partial charge in [0.2, 0.25) is 5.91 Å². The highest BCUT2D eigenvalue weighted by Crippen LogP contribution is 2.16. The van der Waals surface area contributed by atoms with Gasteiger partial charge in [0, 0.05) is 51.5 Å². The summed E-state index contributed by atoms with van der Waals surface area (Å²) in [7, 11) is 0. The van der Waals surface area contributed by atoms with E-state index in [1.54, 1.807) is 24.0 Å². The number of hydrogen-bond donors (Lipinski definition) is 0. The molecule has 1 heterocycles. The molecule has 0 bridgehead atoms. The lowest BCUT2D eigenvalue weighted by atomic mass is 9.98. The number of nitrogens with zero attached hydrogens (tertiary/aromatic N) is 2. The van der Waals surface area contributed by atoms with Crippen molar-refractivity contribution < 1.29 is 14.0 Å². The number of hydrogen-bond acceptors (Lipinski definition) is 3. The van der Waals surface area contributed by atoms with Crippen molar-refractivity contribution in [2.24, 2.45) is 5.92 Å². The van der Waals surface area contributed by atoms with Gasteiger partial charge in [-0.3, -0.25) is 14.5 Å². The Morgan fingerprint density at radius 2 is 1.92 bits per heavy atom. The third kappa shape index (κ3) is 4.65.